The molecule has 2 aliphatic heterocycles. The highest BCUT2D eigenvalue weighted by molar-refractivity contribution is 6.88. The average molecular weight is 313 g/mol. The number of aliphatic hydroxyl groups excluding tert-OH is 1. The van der Waals surface area contributed by atoms with Gasteiger partial charge in [-0.25, -0.2) is 4.68 Å². The van der Waals surface area contributed by atoms with Crippen molar-refractivity contribution in [2.24, 2.45) is 0 Å². The van der Waals surface area contributed by atoms with Crippen molar-refractivity contribution in [1.29, 1.82) is 0 Å². The van der Waals surface area contributed by atoms with Crippen LogP contribution >= 0.6 is 0 Å². The number of fused-ring (bicyclic) bond motifs is 1. The second-order valence-corrected chi connectivity index (χ2v) is 12.2. The maximum Gasteiger partial charge on any atom is 0.189 e. The first-order valence-corrected chi connectivity index (χ1v) is 10.8. The van der Waals surface area contributed by atoms with Gasteiger partial charge in [-0.15, -0.1) is 5.10 Å². The van der Waals surface area contributed by atoms with Crippen molar-refractivity contribution in [3.63, 3.8) is 0 Å². The molecule has 0 bridgehead atoms. The van der Waals surface area contributed by atoms with Gasteiger partial charge in [0.1, 0.15) is 26.3 Å². The summed E-state index contributed by atoms with van der Waals surface area (Å²) in [7, 11) is -1.53. The van der Waals surface area contributed by atoms with E-state index in [1.807, 2.05) is 20.0 Å². The molecule has 2 saturated heterocycles. The second-order valence-electron chi connectivity index (χ2n) is 7.15. The SMILES string of the molecule is CC1(C)O[C@H]2O[C@H](CO)[C@H](n3cc([Si](C)(C)C)nn3)[C@H]2O1. The van der Waals surface area contributed by atoms with Crippen molar-refractivity contribution in [2.75, 3.05) is 6.61 Å². The molecule has 0 unspecified atom stereocenters. The molecule has 1 N–H and O–H groups in total. The lowest BCUT2D eigenvalue weighted by Gasteiger charge is -2.24. The first-order valence-electron chi connectivity index (χ1n) is 7.25. The average Bonchev–Trinajstić information content (AvgIpc) is 2.98. The predicted octanol–water partition coefficient (Wildman–Crippen LogP) is 0.233. The Labute approximate surface area is 125 Å². The summed E-state index contributed by atoms with van der Waals surface area (Å²) in [6, 6.07) is -0.223. The Balaban J connectivity index is 1.90. The van der Waals surface area contributed by atoms with Crippen LogP contribution in [0.15, 0.2) is 6.20 Å². The number of nitrogens with zero attached hydrogens (tertiary/aromatic N) is 3. The first kappa shape index (κ1) is 15.1. The summed E-state index contributed by atoms with van der Waals surface area (Å²) in [5.74, 6) is -0.684. The molecule has 2 aliphatic rings. The van der Waals surface area contributed by atoms with Crippen molar-refractivity contribution in [1.82, 2.24) is 15.0 Å². The fourth-order valence-electron chi connectivity index (χ4n) is 2.80. The highest BCUT2D eigenvalue weighted by Gasteiger charge is 2.55. The normalized spacial score (nSPS) is 35.1. The third-order valence-corrected chi connectivity index (χ3v) is 5.64. The van der Waals surface area contributed by atoms with Crippen LogP contribution in [0.3, 0.4) is 0 Å². The Morgan fingerprint density at radius 1 is 1.33 bits per heavy atom. The number of ether oxygens (including phenoxy) is 3. The minimum Gasteiger partial charge on any atom is -0.394 e. The molecule has 8 heteroatoms. The van der Waals surface area contributed by atoms with E-state index in [-0.39, 0.29) is 18.8 Å². The van der Waals surface area contributed by atoms with E-state index in [0.29, 0.717) is 0 Å². The fraction of sp³-hybridized carbons (Fsp3) is 0.846. The molecule has 7 nitrogen and oxygen atoms in total. The molecule has 0 aliphatic carbocycles. The quantitative estimate of drug-likeness (QED) is 0.805. The standard InChI is InChI=1S/C13H23N3O4Si/c1-13(2)19-11-10(8(7-17)18-12(11)20-13)16-6-9(14-15-16)21(3,4)5/h6,8,10-12,17H,7H2,1-5H3/t8-,10+,11-,12-/m1/s1. The monoisotopic (exact) mass is 313 g/mol. The summed E-state index contributed by atoms with van der Waals surface area (Å²) in [4.78, 5) is 0. The Hall–Kier alpha value is -0.803. The minimum absolute atomic E-state index is 0.104. The van der Waals surface area contributed by atoms with Crippen LogP contribution in [0.2, 0.25) is 19.6 Å². The van der Waals surface area contributed by atoms with Crippen LogP contribution in [-0.2, 0) is 14.2 Å². The minimum atomic E-state index is -1.53. The third-order valence-electron chi connectivity index (χ3n) is 3.88. The van der Waals surface area contributed by atoms with Crippen molar-refractivity contribution in [2.45, 2.75) is 63.8 Å². The van der Waals surface area contributed by atoms with Gasteiger partial charge in [0.25, 0.3) is 0 Å². The zero-order valence-corrected chi connectivity index (χ0v) is 14.1. The fourth-order valence-corrected chi connectivity index (χ4v) is 3.66. The number of hydrogen-bond acceptors (Lipinski definition) is 6. The molecule has 21 heavy (non-hydrogen) atoms. The van der Waals surface area contributed by atoms with Crippen LogP contribution in [0.5, 0.6) is 0 Å². The van der Waals surface area contributed by atoms with Gasteiger partial charge in [-0.2, -0.15) is 0 Å². The number of hydrogen-bond donors (Lipinski definition) is 1. The molecule has 3 rings (SSSR count). The molecule has 1 aromatic heterocycles. The predicted molar refractivity (Wildman–Crippen MR) is 77.8 cm³/mol. The Morgan fingerprint density at radius 3 is 2.62 bits per heavy atom. The smallest absolute Gasteiger partial charge is 0.189 e. The maximum absolute atomic E-state index is 9.56. The van der Waals surface area contributed by atoms with Gasteiger partial charge >= 0.3 is 0 Å². The molecule has 3 heterocycles. The topological polar surface area (TPSA) is 78.6 Å². The number of rotatable bonds is 3. The molecular weight excluding hydrogens is 290 g/mol. The molecule has 118 valence electrons. The highest BCUT2D eigenvalue weighted by atomic mass is 28.3. The van der Waals surface area contributed by atoms with Gasteiger partial charge in [-0.1, -0.05) is 24.9 Å². The molecule has 0 spiro atoms. The second kappa shape index (κ2) is 4.85. The van der Waals surface area contributed by atoms with Crippen LogP contribution in [0.25, 0.3) is 0 Å². The zero-order valence-electron chi connectivity index (χ0n) is 13.1. The molecular formula is C13H23N3O4Si. The van der Waals surface area contributed by atoms with Gasteiger partial charge in [0.15, 0.2) is 12.1 Å². The first-order chi connectivity index (χ1) is 9.71. The number of aromatic nitrogens is 3. The summed E-state index contributed by atoms with van der Waals surface area (Å²) < 4.78 is 19.2. The van der Waals surface area contributed by atoms with E-state index in [1.54, 1.807) is 4.68 Å². The Morgan fingerprint density at radius 2 is 2.05 bits per heavy atom. The summed E-state index contributed by atoms with van der Waals surface area (Å²) in [5, 5.41) is 19.1. The van der Waals surface area contributed by atoms with Crippen LogP contribution in [0.4, 0.5) is 0 Å². The maximum atomic E-state index is 9.56. The van der Waals surface area contributed by atoms with Crippen LogP contribution in [0.1, 0.15) is 19.9 Å². The lowest BCUT2D eigenvalue weighted by atomic mass is 10.1. The molecule has 0 radical (unpaired) electrons. The molecule has 4 atom stereocenters. The Bertz CT molecular complexity index is 528. The molecule has 0 saturated carbocycles. The van der Waals surface area contributed by atoms with Crippen molar-refractivity contribution >= 4 is 13.4 Å². The third kappa shape index (κ3) is 2.66. The van der Waals surface area contributed by atoms with Gasteiger partial charge in [-0.3, -0.25) is 0 Å². The van der Waals surface area contributed by atoms with E-state index >= 15 is 0 Å². The van der Waals surface area contributed by atoms with Crippen LogP contribution < -0.4 is 5.32 Å². The van der Waals surface area contributed by atoms with Crippen LogP contribution in [-0.4, -0.2) is 59.1 Å². The largest absolute Gasteiger partial charge is 0.394 e. The van der Waals surface area contributed by atoms with Gasteiger partial charge < -0.3 is 19.3 Å². The summed E-state index contributed by atoms with van der Waals surface area (Å²) in [6.45, 7) is 10.3. The summed E-state index contributed by atoms with van der Waals surface area (Å²) >= 11 is 0. The van der Waals surface area contributed by atoms with Gasteiger partial charge in [0.2, 0.25) is 0 Å². The lowest BCUT2D eigenvalue weighted by Crippen LogP contribution is -2.39. The van der Waals surface area contributed by atoms with Crippen molar-refractivity contribution in [3.05, 3.63) is 6.20 Å². The van der Waals surface area contributed by atoms with E-state index in [9.17, 15) is 5.11 Å². The summed E-state index contributed by atoms with van der Waals surface area (Å²) in [5.41, 5.74) is 0. The Kier molecular flexibility index (Phi) is 3.49. The van der Waals surface area contributed by atoms with E-state index in [2.05, 4.69) is 30.0 Å². The molecule has 2 fully saturated rings. The van der Waals surface area contributed by atoms with Gasteiger partial charge in [-0.05, 0) is 13.8 Å². The van der Waals surface area contributed by atoms with E-state index in [0.717, 1.165) is 5.32 Å². The molecule has 0 amide bonds. The van der Waals surface area contributed by atoms with Gasteiger partial charge in [0.05, 0.1) is 11.9 Å². The highest BCUT2D eigenvalue weighted by Crippen LogP contribution is 2.42. The van der Waals surface area contributed by atoms with Crippen molar-refractivity contribution < 1.29 is 19.3 Å². The van der Waals surface area contributed by atoms with Crippen LogP contribution in [0, 0.1) is 0 Å². The number of aliphatic hydroxyl groups is 1. The van der Waals surface area contributed by atoms with E-state index in [4.69, 9.17) is 14.2 Å². The van der Waals surface area contributed by atoms with Crippen molar-refractivity contribution in [3.8, 4) is 0 Å². The lowest BCUT2D eigenvalue weighted by molar-refractivity contribution is -0.212. The van der Waals surface area contributed by atoms with Gasteiger partial charge in [0, 0.05) is 6.20 Å². The zero-order chi connectivity index (χ0) is 15.4. The van der Waals surface area contributed by atoms with E-state index in [1.165, 1.54) is 0 Å². The molecule has 0 aromatic carbocycles. The summed E-state index contributed by atoms with van der Waals surface area (Å²) in [6.07, 6.45) is 0.808. The van der Waals surface area contributed by atoms with E-state index < -0.39 is 26.3 Å². The molecule has 1 aromatic rings.